The van der Waals surface area contributed by atoms with Gasteiger partial charge in [0, 0.05) is 18.5 Å². The minimum atomic E-state index is -4.95. The van der Waals surface area contributed by atoms with E-state index in [-0.39, 0.29) is 11.9 Å². The quantitative estimate of drug-likeness (QED) is 0.521. The van der Waals surface area contributed by atoms with Crippen LogP contribution in [0, 0.1) is 5.92 Å². The van der Waals surface area contributed by atoms with Crippen LogP contribution in [-0.2, 0) is 6.42 Å². The lowest BCUT2D eigenvalue weighted by Gasteiger charge is -2.05. The molecule has 0 atom stereocenters. The third-order valence-corrected chi connectivity index (χ3v) is 2.13. The van der Waals surface area contributed by atoms with Crippen LogP contribution in [0.15, 0.2) is 24.2 Å². The summed E-state index contributed by atoms with van der Waals surface area (Å²) in [6, 6.07) is 0. The summed E-state index contributed by atoms with van der Waals surface area (Å²) in [5.41, 5.74) is 0.788. The Bertz CT molecular complexity index is 479. The van der Waals surface area contributed by atoms with Crippen molar-refractivity contribution in [3.63, 3.8) is 0 Å². The lowest BCUT2D eigenvalue weighted by atomic mass is 10.1. The van der Waals surface area contributed by atoms with Gasteiger partial charge in [0.1, 0.15) is 0 Å². The van der Waals surface area contributed by atoms with Crippen LogP contribution in [0.5, 0.6) is 0 Å². The van der Waals surface area contributed by atoms with Gasteiger partial charge in [-0.1, -0.05) is 13.8 Å². The fourth-order valence-electron chi connectivity index (χ4n) is 1.33. The molecular formula is C12H13F3N2O2. The zero-order valence-electron chi connectivity index (χ0n) is 10.4. The molecule has 0 aliphatic heterocycles. The topological polar surface area (TPSA) is 63.1 Å². The standard InChI is InChI=1S/C12H13F3N2O2/c1-7(2)3-8-5-16-11(17-6-8)9(18)4-10(19)12(13,14)15/h4-7,19H,3H2,1-2H3/b10-4-. The molecule has 0 bridgehead atoms. The average Bonchev–Trinajstić information content (AvgIpc) is 2.27. The van der Waals surface area contributed by atoms with Crippen molar-refractivity contribution >= 4 is 5.78 Å². The van der Waals surface area contributed by atoms with Crippen molar-refractivity contribution in [1.82, 2.24) is 9.97 Å². The first-order valence-corrected chi connectivity index (χ1v) is 5.53. The minimum absolute atomic E-state index is 0.0669. The fourth-order valence-corrected chi connectivity index (χ4v) is 1.33. The highest BCUT2D eigenvalue weighted by Crippen LogP contribution is 2.23. The number of alkyl halides is 3. The predicted molar refractivity (Wildman–Crippen MR) is 61.7 cm³/mol. The van der Waals surface area contributed by atoms with Gasteiger partial charge in [-0.3, -0.25) is 4.79 Å². The van der Waals surface area contributed by atoms with Crippen molar-refractivity contribution in [1.29, 1.82) is 0 Å². The third kappa shape index (κ3) is 4.69. The van der Waals surface area contributed by atoms with Gasteiger partial charge in [0.25, 0.3) is 0 Å². The molecule has 1 aromatic heterocycles. The summed E-state index contributed by atoms with van der Waals surface area (Å²) in [7, 11) is 0. The zero-order chi connectivity index (χ0) is 14.6. The molecule has 7 heteroatoms. The molecule has 0 unspecified atom stereocenters. The van der Waals surface area contributed by atoms with Crippen molar-refractivity contribution in [3.05, 3.63) is 35.6 Å². The fraction of sp³-hybridized carbons (Fsp3) is 0.417. The summed E-state index contributed by atoms with van der Waals surface area (Å²) >= 11 is 0. The van der Waals surface area contributed by atoms with E-state index in [1.54, 1.807) is 0 Å². The highest BCUT2D eigenvalue weighted by molar-refractivity contribution is 6.01. The Morgan fingerprint density at radius 2 is 1.89 bits per heavy atom. The number of allylic oxidation sites excluding steroid dienone is 2. The largest absolute Gasteiger partial charge is 0.504 e. The summed E-state index contributed by atoms with van der Waals surface area (Å²) in [6.07, 6.45) is -1.40. The maximum Gasteiger partial charge on any atom is 0.448 e. The van der Waals surface area contributed by atoms with Crippen molar-refractivity contribution in [2.24, 2.45) is 5.92 Å². The molecule has 0 spiro atoms. The van der Waals surface area contributed by atoms with Crippen LogP contribution in [0.25, 0.3) is 0 Å². The number of rotatable bonds is 4. The van der Waals surface area contributed by atoms with E-state index < -0.39 is 17.7 Å². The van der Waals surface area contributed by atoms with Crippen molar-refractivity contribution in [2.75, 3.05) is 0 Å². The molecule has 19 heavy (non-hydrogen) atoms. The highest BCUT2D eigenvalue weighted by Gasteiger charge is 2.34. The Hall–Kier alpha value is -1.92. The van der Waals surface area contributed by atoms with Gasteiger partial charge < -0.3 is 5.11 Å². The Morgan fingerprint density at radius 3 is 2.32 bits per heavy atom. The third-order valence-electron chi connectivity index (χ3n) is 2.13. The molecule has 0 radical (unpaired) electrons. The van der Waals surface area contributed by atoms with Gasteiger partial charge in [-0.2, -0.15) is 13.2 Å². The Kier molecular flexibility index (Phi) is 4.63. The van der Waals surface area contributed by atoms with E-state index in [0.717, 1.165) is 5.56 Å². The van der Waals surface area contributed by atoms with Crippen LogP contribution >= 0.6 is 0 Å². The summed E-state index contributed by atoms with van der Waals surface area (Å²) in [5, 5.41) is 8.65. The maximum atomic E-state index is 12.0. The smallest absolute Gasteiger partial charge is 0.448 e. The first-order valence-electron chi connectivity index (χ1n) is 5.53. The summed E-state index contributed by atoms with van der Waals surface area (Å²) in [4.78, 5) is 18.7. The normalized spacial score (nSPS) is 12.8. The Balaban J connectivity index is 2.84. The molecule has 0 aromatic carbocycles. The number of hydrogen-bond donors (Lipinski definition) is 1. The van der Waals surface area contributed by atoms with E-state index in [9.17, 15) is 18.0 Å². The van der Waals surface area contributed by atoms with E-state index in [0.29, 0.717) is 12.3 Å². The number of carbonyl (C=O) groups excluding carboxylic acids is 1. The molecule has 1 N–H and O–H groups in total. The number of carbonyl (C=O) groups is 1. The number of hydrogen-bond acceptors (Lipinski definition) is 4. The van der Waals surface area contributed by atoms with Crippen LogP contribution < -0.4 is 0 Å². The van der Waals surface area contributed by atoms with Crippen LogP contribution in [0.4, 0.5) is 13.2 Å². The van der Waals surface area contributed by atoms with Gasteiger partial charge >= 0.3 is 6.18 Å². The van der Waals surface area contributed by atoms with E-state index in [2.05, 4.69) is 9.97 Å². The number of aromatic nitrogens is 2. The van der Waals surface area contributed by atoms with Crippen molar-refractivity contribution in [3.8, 4) is 0 Å². The number of halogens is 3. The average molecular weight is 274 g/mol. The van der Waals surface area contributed by atoms with Gasteiger partial charge in [0.2, 0.25) is 17.4 Å². The molecule has 0 saturated carbocycles. The van der Waals surface area contributed by atoms with Gasteiger partial charge in [0.05, 0.1) is 0 Å². The van der Waals surface area contributed by atoms with Crippen LogP contribution in [0.2, 0.25) is 0 Å². The predicted octanol–water partition coefficient (Wildman–Crippen LogP) is 2.86. The second kappa shape index (κ2) is 5.81. The summed E-state index contributed by atoms with van der Waals surface area (Å²) < 4.78 is 36.1. The van der Waals surface area contributed by atoms with Gasteiger partial charge in [0.15, 0.2) is 0 Å². The maximum absolute atomic E-state index is 12.0. The zero-order valence-corrected chi connectivity index (χ0v) is 10.4. The molecule has 1 aromatic rings. The van der Waals surface area contributed by atoms with Crippen molar-refractivity contribution < 1.29 is 23.1 Å². The summed E-state index contributed by atoms with van der Waals surface area (Å²) in [6.45, 7) is 3.98. The number of ketones is 1. The van der Waals surface area contributed by atoms with Gasteiger partial charge in [-0.25, -0.2) is 9.97 Å². The first kappa shape index (κ1) is 15.1. The van der Waals surface area contributed by atoms with E-state index in [1.165, 1.54) is 12.4 Å². The Labute approximate surface area is 108 Å². The molecule has 0 amide bonds. The van der Waals surface area contributed by atoms with Crippen molar-refractivity contribution in [2.45, 2.75) is 26.4 Å². The molecule has 0 aliphatic carbocycles. The number of aliphatic hydroxyl groups is 1. The minimum Gasteiger partial charge on any atom is -0.504 e. The molecule has 104 valence electrons. The first-order chi connectivity index (χ1) is 8.70. The van der Waals surface area contributed by atoms with E-state index in [1.807, 2.05) is 13.8 Å². The van der Waals surface area contributed by atoms with Crippen LogP contribution in [0.3, 0.4) is 0 Å². The molecule has 0 aliphatic rings. The molecule has 1 rings (SSSR count). The van der Waals surface area contributed by atoms with E-state index >= 15 is 0 Å². The van der Waals surface area contributed by atoms with Gasteiger partial charge in [-0.15, -0.1) is 0 Å². The molecule has 1 heterocycles. The number of nitrogens with zero attached hydrogens (tertiary/aromatic N) is 2. The second-order valence-electron chi connectivity index (χ2n) is 4.40. The lowest BCUT2D eigenvalue weighted by molar-refractivity contribution is -0.120. The Morgan fingerprint density at radius 1 is 1.37 bits per heavy atom. The molecular weight excluding hydrogens is 261 g/mol. The lowest BCUT2D eigenvalue weighted by Crippen LogP contribution is -2.14. The molecule has 4 nitrogen and oxygen atoms in total. The van der Waals surface area contributed by atoms with E-state index in [4.69, 9.17) is 5.11 Å². The summed E-state index contributed by atoms with van der Waals surface area (Å²) in [5.74, 6) is -3.07. The highest BCUT2D eigenvalue weighted by atomic mass is 19.4. The molecule has 0 saturated heterocycles. The van der Waals surface area contributed by atoms with Crippen LogP contribution in [0.1, 0.15) is 30.0 Å². The van der Waals surface area contributed by atoms with Gasteiger partial charge in [-0.05, 0) is 17.9 Å². The van der Waals surface area contributed by atoms with Crippen LogP contribution in [-0.4, -0.2) is 27.0 Å². The second-order valence-corrected chi connectivity index (χ2v) is 4.40. The monoisotopic (exact) mass is 274 g/mol. The SMILES string of the molecule is CC(C)Cc1cnc(C(=O)/C=C(\O)C(F)(F)F)nc1. The molecule has 0 fully saturated rings. The number of aliphatic hydroxyl groups excluding tert-OH is 1.